The molecule has 0 aromatic heterocycles. The molecular formula is C17H17ClO2. The summed E-state index contributed by atoms with van der Waals surface area (Å²) in [5.74, 6) is 0.745. The van der Waals surface area contributed by atoms with Gasteiger partial charge in [0.05, 0.1) is 12.5 Å². The smallest absolute Gasteiger partial charge is 0.130 e. The van der Waals surface area contributed by atoms with Gasteiger partial charge in [0.25, 0.3) is 0 Å². The second-order valence-corrected chi connectivity index (χ2v) is 5.44. The summed E-state index contributed by atoms with van der Waals surface area (Å²) in [5.41, 5.74) is 1.26. The topological polar surface area (TPSA) is 26.3 Å². The zero-order chi connectivity index (χ0) is 14.6. The largest absolute Gasteiger partial charge is 0.497 e. The molecule has 2 nitrogen and oxygen atoms in total. The predicted molar refractivity (Wildman–Crippen MR) is 81.6 cm³/mol. The van der Waals surface area contributed by atoms with Gasteiger partial charge in [-0.2, -0.15) is 0 Å². The van der Waals surface area contributed by atoms with Gasteiger partial charge >= 0.3 is 0 Å². The van der Waals surface area contributed by atoms with Crippen molar-refractivity contribution < 1.29 is 9.53 Å². The Bertz CT molecular complexity index is 609. The van der Waals surface area contributed by atoms with Gasteiger partial charge in [0, 0.05) is 5.02 Å². The van der Waals surface area contributed by atoms with Crippen molar-refractivity contribution in [1.29, 1.82) is 0 Å². The Morgan fingerprint density at radius 2 is 1.95 bits per heavy atom. The third-order valence-corrected chi connectivity index (χ3v) is 3.87. The molecule has 104 valence electrons. The van der Waals surface area contributed by atoms with Crippen LogP contribution >= 0.6 is 11.6 Å². The van der Waals surface area contributed by atoms with Crippen molar-refractivity contribution in [3.8, 4) is 5.75 Å². The number of halogens is 1. The van der Waals surface area contributed by atoms with Crippen molar-refractivity contribution in [1.82, 2.24) is 0 Å². The van der Waals surface area contributed by atoms with Crippen molar-refractivity contribution in [2.75, 3.05) is 7.11 Å². The minimum Gasteiger partial charge on any atom is -0.497 e. The molecule has 3 heteroatoms. The van der Waals surface area contributed by atoms with Crippen molar-refractivity contribution in [3.05, 3.63) is 64.7 Å². The molecule has 2 rings (SSSR count). The first-order chi connectivity index (χ1) is 9.59. The Balaban J connectivity index is 2.38. The summed E-state index contributed by atoms with van der Waals surface area (Å²) in [5, 5.41) is 0.684. The number of benzene rings is 2. The first-order valence-corrected chi connectivity index (χ1v) is 6.81. The lowest BCUT2D eigenvalue weighted by atomic mass is 9.78. The molecule has 0 saturated heterocycles. The van der Waals surface area contributed by atoms with Gasteiger partial charge in [0.15, 0.2) is 0 Å². The van der Waals surface area contributed by atoms with Gasteiger partial charge in [0.1, 0.15) is 12.0 Å². The number of rotatable bonds is 5. The summed E-state index contributed by atoms with van der Waals surface area (Å²) in [6.45, 7) is 1.91. The third kappa shape index (κ3) is 3.02. The Morgan fingerprint density at radius 3 is 2.60 bits per heavy atom. The van der Waals surface area contributed by atoms with Crippen LogP contribution in [-0.2, 0) is 16.6 Å². The summed E-state index contributed by atoms with van der Waals surface area (Å²) in [4.78, 5) is 11.7. The fraction of sp³-hybridized carbons (Fsp3) is 0.235. The van der Waals surface area contributed by atoms with E-state index in [1.165, 1.54) is 0 Å². The van der Waals surface area contributed by atoms with E-state index in [1.807, 2.05) is 55.5 Å². The second kappa shape index (κ2) is 6.10. The molecule has 0 aliphatic carbocycles. The molecule has 2 aromatic rings. The van der Waals surface area contributed by atoms with Crippen LogP contribution in [0.2, 0.25) is 5.02 Å². The van der Waals surface area contributed by atoms with E-state index in [0.717, 1.165) is 23.2 Å². The number of carbonyl (C=O) groups excluding carboxylic acids is 1. The van der Waals surface area contributed by atoms with Gasteiger partial charge < -0.3 is 9.53 Å². The first kappa shape index (κ1) is 14.6. The highest BCUT2D eigenvalue weighted by Crippen LogP contribution is 2.31. The number of hydrogen-bond donors (Lipinski definition) is 0. The second-order valence-electron chi connectivity index (χ2n) is 5.04. The number of aldehydes is 1. The van der Waals surface area contributed by atoms with Crippen molar-refractivity contribution >= 4 is 17.9 Å². The van der Waals surface area contributed by atoms with Crippen LogP contribution in [0.4, 0.5) is 0 Å². The van der Waals surface area contributed by atoms with Crippen LogP contribution in [0.5, 0.6) is 5.75 Å². The molecule has 0 N–H and O–H groups in total. The fourth-order valence-electron chi connectivity index (χ4n) is 2.23. The minimum atomic E-state index is -0.625. The van der Waals surface area contributed by atoms with Crippen molar-refractivity contribution in [2.45, 2.75) is 18.8 Å². The molecule has 0 saturated carbocycles. The average Bonchev–Trinajstić information content (AvgIpc) is 2.49. The monoisotopic (exact) mass is 288 g/mol. The van der Waals surface area contributed by atoms with E-state index in [2.05, 4.69) is 0 Å². The molecule has 1 unspecified atom stereocenters. The first-order valence-electron chi connectivity index (χ1n) is 6.43. The van der Waals surface area contributed by atoms with E-state index < -0.39 is 5.41 Å². The molecule has 0 aliphatic heterocycles. The summed E-state index contributed by atoms with van der Waals surface area (Å²) in [6, 6.07) is 15.2. The lowest BCUT2D eigenvalue weighted by Crippen LogP contribution is -2.27. The Kier molecular flexibility index (Phi) is 4.46. The molecule has 1 atom stereocenters. The van der Waals surface area contributed by atoms with Crippen LogP contribution in [0, 0.1) is 0 Å². The van der Waals surface area contributed by atoms with E-state index in [0.29, 0.717) is 11.4 Å². The third-order valence-electron chi connectivity index (χ3n) is 3.50. The lowest BCUT2D eigenvalue weighted by molar-refractivity contribution is -0.112. The zero-order valence-corrected chi connectivity index (χ0v) is 12.4. The Hall–Kier alpha value is -1.80. The Morgan fingerprint density at radius 1 is 1.20 bits per heavy atom. The average molecular weight is 289 g/mol. The molecule has 0 radical (unpaired) electrons. The summed E-state index contributed by atoms with van der Waals surface area (Å²) >= 11 is 6.19. The molecule has 0 fully saturated rings. The molecule has 0 bridgehead atoms. The van der Waals surface area contributed by atoms with E-state index in [9.17, 15) is 4.79 Å². The van der Waals surface area contributed by atoms with Gasteiger partial charge in [-0.3, -0.25) is 0 Å². The van der Waals surface area contributed by atoms with Crippen LogP contribution in [0.1, 0.15) is 18.1 Å². The fourth-order valence-corrected chi connectivity index (χ4v) is 2.43. The standard InChI is InChI=1S/C17H17ClO2/c1-17(12-19,11-13-6-3-4-9-16(13)18)14-7-5-8-15(10-14)20-2/h3-10,12H,11H2,1-2H3. The van der Waals surface area contributed by atoms with Crippen LogP contribution in [0.15, 0.2) is 48.5 Å². The molecule has 0 heterocycles. The van der Waals surface area contributed by atoms with Crippen molar-refractivity contribution in [3.63, 3.8) is 0 Å². The SMILES string of the molecule is COc1cccc(C(C)(C=O)Cc2ccccc2Cl)c1. The molecule has 0 spiro atoms. The normalized spacial score (nSPS) is 13.6. The quantitative estimate of drug-likeness (QED) is 0.776. The lowest BCUT2D eigenvalue weighted by Gasteiger charge is -2.24. The highest BCUT2D eigenvalue weighted by molar-refractivity contribution is 6.31. The number of methoxy groups -OCH3 is 1. The molecule has 0 aliphatic rings. The maximum atomic E-state index is 11.7. The predicted octanol–water partition coefficient (Wildman–Crippen LogP) is 4.05. The van der Waals surface area contributed by atoms with Gasteiger partial charge in [0.2, 0.25) is 0 Å². The summed E-state index contributed by atoms with van der Waals surface area (Å²) in [6.07, 6.45) is 1.54. The molecule has 2 aromatic carbocycles. The van der Waals surface area contributed by atoms with E-state index >= 15 is 0 Å². The zero-order valence-electron chi connectivity index (χ0n) is 11.6. The highest BCUT2D eigenvalue weighted by atomic mass is 35.5. The molecule has 0 amide bonds. The molecular weight excluding hydrogens is 272 g/mol. The van der Waals surface area contributed by atoms with Gasteiger partial charge in [-0.25, -0.2) is 0 Å². The minimum absolute atomic E-state index is 0.559. The van der Waals surface area contributed by atoms with Gasteiger partial charge in [-0.1, -0.05) is 41.9 Å². The number of carbonyl (C=O) groups is 1. The Labute approximate surface area is 124 Å². The highest BCUT2D eigenvalue weighted by Gasteiger charge is 2.27. The van der Waals surface area contributed by atoms with Crippen molar-refractivity contribution in [2.24, 2.45) is 0 Å². The molecule has 20 heavy (non-hydrogen) atoms. The number of hydrogen-bond acceptors (Lipinski definition) is 2. The summed E-state index contributed by atoms with van der Waals surface area (Å²) in [7, 11) is 1.62. The van der Waals surface area contributed by atoms with Crippen LogP contribution in [0.3, 0.4) is 0 Å². The maximum Gasteiger partial charge on any atom is 0.130 e. The van der Waals surface area contributed by atoms with E-state index in [1.54, 1.807) is 7.11 Å². The van der Waals surface area contributed by atoms with Crippen LogP contribution in [-0.4, -0.2) is 13.4 Å². The van der Waals surface area contributed by atoms with E-state index in [-0.39, 0.29) is 0 Å². The van der Waals surface area contributed by atoms with Gasteiger partial charge in [-0.05, 0) is 42.7 Å². The van der Waals surface area contributed by atoms with Gasteiger partial charge in [-0.15, -0.1) is 0 Å². The number of ether oxygens (including phenoxy) is 1. The maximum absolute atomic E-state index is 11.7. The van der Waals surface area contributed by atoms with E-state index in [4.69, 9.17) is 16.3 Å². The van der Waals surface area contributed by atoms with Crippen LogP contribution < -0.4 is 4.74 Å². The summed E-state index contributed by atoms with van der Waals surface area (Å²) < 4.78 is 5.23. The van der Waals surface area contributed by atoms with Crippen LogP contribution in [0.25, 0.3) is 0 Å².